The second-order valence-electron chi connectivity index (χ2n) is 5.85. The molecule has 24 heavy (non-hydrogen) atoms. The van der Waals surface area contributed by atoms with E-state index in [0.717, 1.165) is 11.1 Å². The SMILES string of the molecule is C[C@](O)(CNC(=O)c1ccccc1-c1ccccc1)c1ccco1. The van der Waals surface area contributed by atoms with E-state index in [9.17, 15) is 9.90 Å². The Labute approximate surface area is 140 Å². The number of nitrogens with one attached hydrogen (secondary N) is 1. The van der Waals surface area contributed by atoms with Crippen molar-refractivity contribution in [3.8, 4) is 11.1 Å². The van der Waals surface area contributed by atoms with Gasteiger partial charge in [-0.25, -0.2) is 0 Å². The Morgan fingerprint density at radius 2 is 1.75 bits per heavy atom. The summed E-state index contributed by atoms with van der Waals surface area (Å²) in [5.41, 5.74) is 1.13. The fourth-order valence-electron chi connectivity index (χ4n) is 2.57. The van der Waals surface area contributed by atoms with E-state index in [0.29, 0.717) is 11.3 Å². The first kappa shape index (κ1) is 16.0. The average Bonchev–Trinajstić information content (AvgIpc) is 3.16. The Kier molecular flexibility index (Phi) is 4.49. The van der Waals surface area contributed by atoms with Gasteiger partial charge in [0.05, 0.1) is 12.8 Å². The number of carbonyl (C=O) groups is 1. The second-order valence-corrected chi connectivity index (χ2v) is 5.85. The highest BCUT2D eigenvalue weighted by molar-refractivity contribution is 6.00. The summed E-state index contributed by atoms with van der Waals surface area (Å²) < 4.78 is 5.23. The molecular weight excluding hydrogens is 302 g/mol. The Morgan fingerprint density at radius 3 is 2.46 bits per heavy atom. The van der Waals surface area contributed by atoms with Gasteiger partial charge in [0.15, 0.2) is 0 Å². The lowest BCUT2D eigenvalue weighted by Crippen LogP contribution is -2.38. The number of benzene rings is 2. The van der Waals surface area contributed by atoms with Crippen LogP contribution < -0.4 is 5.32 Å². The highest BCUT2D eigenvalue weighted by atomic mass is 16.4. The quantitative estimate of drug-likeness (QED) is 0.755. The van der Waals surface area contributed by atoms with Gasteiger partial charge in [0.1, 0.15) is 11.4 Å². The minimum atomic E-state index is -1.26. The molecule has 4 heteroatoms. The predicted octanol–water partition coefficient (Wildman–Crippen LogP) is 3.58. The molecule has 0 bridgehead atoms. The van der Waals surface area contributed by atoms with Crippen molar-refractivity contribution in [1.29, 1.82) is 0 Å². The topological polar surface area (TPSA) is 62.5 Å². The third-order valence-corrected chi connectivity index (χ3v) is 3.90. The Bertz CT molecular complexity index is 808. The molecule has 0 aliphatic rings. The first-order valence-corrected chi connectivity index (χ1v) is 7.77. The van der Waals surface area contributed by atoms with Crippen molar-refractivity contribution in [2.45, 2.75) is 12.5 Å². The molecule has 0 saturated carbocycles. The van der Waals surface area contributed by atoms with E-state index in [4.69, 9.17) is 4.42 Å². The van der Waals surface area contributed by atoms with Crippen molar-refractivity contribution in [1.82, 2.24) is 5.32 Å². The number of furan rings is 1. The molecule has 3 aromatic rings. The Balaban J connectivity index is 1.79. The molecule has 1 aromatic heterocycles. The molecule has 3 rings (SSSR count). The van der Waals surface area contributed by atoms with E-state index in [1.807, 2.05) is 48.5 Å². The summed E-state index contributed by atoms with van der Waals surface area (Å²) in [5.74, 6) is 0.181. The van der Waals surface area contributed by atoms with E-state index in [1.54, 1.807) is 25.1 Å². The number of aliphatic hydroxyl groups is 1. The van der Waals surface area contributed by atoms with Gasteiger partial charge in [0, 0.05) is 5.56 Å². The van der Waals surface area contributed by atoms with Gasteiger partial charge in [-0.05, 0) is 36.2 Å². The number of hydrogen-bond acceptors (Lipinski definition) is 3. The standard InChI is InChI=1S/C20H19NO3/c1-20(23,18-12-7-13-24-18)14-21-19(22)17-11-6-5-10-16(17)15-8-3-2-4-9-15/h2-13,23H,14H2,1H3,(H,21,22)/t20-/m0/s1. The third kappa shape index (κ3) is 3.39. The van der Waals surface area contributed by atoms with Gasteiger partial charge in [0.25, 0.3) is 5.91 Å². The van der Waals surface area contributed by atoms with Crippen LogP contribution in [0.25, 0.3) is 11.1 Å². The first-order chi connectivity index (χ1) is 11.6. The van der Waals surface area contributed by atoms with Crippen LogP contribution in [-0.2, 0) is 5.60 Å². The lowest BCUT2D eigenvalue weighted by Gasteiger charge is -2.21. The third-order valence-electron chi connectivity index (χ3n) is 3.90. The minimum absolute atomic E-state index is 0.0580. The molecule has 0 unspecified atom stereocenters. The van der Waals surface area contributed by atoms with Gasteiger partial charge in [-0.2, -0.15) is 0 Å². The van der Waals surface area contributed by atoms with Crippen LogP contribution in [0.2, 0.25) is 0 Å². The molecule has 1 atom stereocenters. The van der Waals surface area contributed by atoms with Gasteiger partial charge in [0.2, 0.25) is 0 Å². The fraction of sp³-hybridized carbons (Fsp3) is 0.150. The summed E-state index contributed by atoms with van der Waals surface area (Å²) in [6.45, 7) is 1.66. The molecule has 2 aromatic carbocycles. The summed E-state index contributed by atoms with van der Waals surface area (Å²) in [6, 6.07) is 20.5. The van der Waals surface area contributed by atoms with Crippen molar-refractivity contribution >= 4 is 5.91 Å². The summed E-state index contributed by atoms with van der Waals surface area (Å²) >= 11 is 0. The van der Waals surface area contributed by atoms with Crippen molar-refractivity contribution in [3.63, 3.8) is 0 Å². The van der Waals surface area contributed by atoms with E-state index in [1.165, 1.54) is 6.26 Å². The van der Waals surface area contributed by atoms with Crippen molar-refractivity contribution < 1.29 is 14.3 Å². The van der Waals surface area contributed by atoms with E-state index in [2.05, 4.69) is 5.32 Å². The highest BCUT2D eigenvalue weighted by Crippen LogP contribution is 2.24. The normalized spacial score (nSPS) is 13.2. The predicted molar refractivity (Wildman–Crippen MR) is 92.5 cm³/mol. The Morgan fingerprint density at radius 1 is 1.04 bits per heavy atom. The van der Waals surface area contributed by atoms with E-state index < -0.39 is 5.60 Å². The molecule has 0 saturated heterocycles. The molecule has 0 aliphatic carbocycles. The van der Waals surface area contributed by atoms with Gasteiger partial charge < -0.3 is 14.8 Å². The second kappa shape index (κ2) is 6.72. The van der Waals surface area contributed by atoms with Gasteiger partial charge in [-0.1, -0.05) is 48.5 Å². The van der Waals surface area contributed by atoms with Crippen LogP contribution in [0.5, 0.6) is 0 Å². The monoisotopic (exact) mass is 321 g/mol. The van der Waals surface area contributed by atoms with Crippen molar-refractivity contribution in [2.24, 2.45) is 0 Å². The number of rotatable bonds is 5. The lowest BCUT2D eigenvalue weighted by atomic mass is 9.98. The number of carbonyl (C=O) groups excluding carboxylic acids is 1. The summed E-state index contributed by atoms with van der Waals surface area (Å²) in [5, 5.41) is 13.2. The van der Waals surface area contributed by atoms with Crippen LogP contribution in [0.15, 0.2) is 77.4 Å². The molecule has 0 radical (unpaired) electrons. The maximum absolute atomic E-state index is 12.6. The molecule has 1 amide bonds. The average molecular weight is 321 g/mol. The lowest BCUT2D eigenvalue weighted by molar-refractivity contribution is 0.0330. The van der Waals surface area contributed by atoms with Crippen LogP contribution in [0, 0.1) is 0 Å². The molecular formula is C20H19NO3. The Hall–Kier alpha value is -2.85. The van der Waals surface area contributed by atoms with Gasteiger partial charge in [-0.3, -0.25) is 4.79 Å². The van der Waals surface area contributed by atoms with Crippen molar-refractivity contribution in [2.75, 3.05) is 6.54 Å². The largest absolute Gasteiger partial charge is 0.466 e. The van der Waals surface area contributed by atoms with Crippen LogP contribution in [0.3, 0.4) is 0 Å². The molecule has 0 fully saturated rings. The zero-order valence-electron chi connectivity index (χ0n) is 13.4. The van der Waals surface area contributed by atoms with Gasteiger partial charge in [-0.15, -0.1) is 0 Å². The summed E-state index contributed by atoms with van der Waals surface area (Å²) in [4.78, 5) is 12.6. The fourth-order valence-corrected chi connectivity index (χ4v) is 2.57. The van der Waals surface area contributed by atoms with Gasteiger partial charge >= 0.3 is 0 Å². The zero-order chi connectivity index (χ0) is 17.0. The van der Waals surface area contributed by atoms with Crippen LogP contribution >= 0.6 is 0 Å². The molecule has 2 N–H and O–H groups in total. The maximum atomic E-state index is 12.6. The highest BCUT2D eigenvalue weighted by Gasteiger charge is 2.27. The molecule has 0 spiro atoms. The first-order valence-electron chi connectivity index (χ1n) is 7.77. The summed E-state index contributed by atoms with van der Waals surface area (Å²) in [6.07, 6.45) is 1.50. The van der Waals surface area contributed by atoms with Crippen LogP contribution in [-0.4, -0.2) is 17.6 Å². The van der Waals surface area contributed by atoms with Crippen LogP contribution in [0.1, 0.15) is 23.0 Å². The minimum Gasteiger partial charge on any atom is -0.466 e. The number of hydrogen-bond donors (Lipinski definition) is 2. The molecule has 122 valence electrons. The maximum Gasteiger partial charge on any atom is 0.252 e. The zero-order valence-corrected chi connectivity index (χ0v) is 13.4. The molecule has 4 nitrogen and oxygen atoms in total. The molecule has 1 heterocycles. The van der Waals surface area contributed by atoms with E-state index >= 15 is 0 Å². The van der Waals surface area contributed by atoms with E-state index in [-0.39, 0.29) is 12.5 Å². The number of amides is 1. The van der Waals surface area contributed by atoms with Crippen molar-refractivity contribution in [3.05, 3.63) is 84.3 Å². The van der Waals surface area contributed by atoms with Crippen LogP contribution in [0.4, 0.5) is 0 Å². The smallest absolute Gasteiger partial charge is 0.252 e. The summed E-state index contributed by atoms with van der Waals surface area (Å²) in [7, 11) is 0. The molecule has 0 aliphatic heterocycles.